The molecule has 0 aliphatic carbocycles. The molecule has 0 saturated carbocycles. The quantitative estimate of drug-likeness (QED) is 0.217. The number of carboxylic acid groups (broad SMARTS) is 1. The van der Waals surface area contributed by atoms with Crippen molar-refractivity contribution in [2.24, 2.45) is 0 Å². The molecule has 0 aromatic carbocycles. The van der Waals surface area contributed by atoms with Gasteiger partial charge in [0.2, 0.25) is 0 Å². The zero-order chi connectivity index (χ0) is 19.0. The van der Waals surface area contributed by atoms with E-state index in [1.165, 1.54) is 25.7 Å². The molecule has 0 aliphatic heterocycles. The Bertz CT molecular complexity index is 369. The van der Waals surface area contributed by atoms with Crippen molar-refractivity contribution in [1.82, 2.24) is 0 Å². The van der Waals surface area contributed by atoms with Crippen molar-refractivity contribution in [3.8, 4) is 0 Å². The largest absolute Gasteiger partial charge is 0.481 e. The maximum absolute atomic E-state index is 11.1. The molecular weight excluding hydrogens is 343 g/mol. The Morgan fingerprint density at radius 3 is 1.72 bits per heavy atom. The third kappa shape index (κ3) is 19.7. The van der Waals surface area contributed by atoms with Gasteiger partial charge in [0, 0.05) is 6.42 Å². The first-order valence-electron chi connectivity index (χ1n) is 9.81. The smallest absolute Gasteiger partial charge is 0.469 e. The van der Waals surface area contributed by atoms with E-state index in [4.69, 9.17) is 19.4 Å². The summed E-state index contributed by atoms with van der Waals surface area (Å²) >= 11 is 0. The van der Waals surface area contributed by atoms with Crippen LogP contribution in [0.15, 0.2) is 0 Å². The fraction of sp³-hybridized carbons (Fsp3) is 0.944. The van der Waals surface area contributed by atoms with Crippen molar-refractivity contribution in [3.63, 3.8) is 0 Å². The molecule has 1 unspecified atom stereocenters. The van der Waals surface area contributed by atoms with Gasteiger partial charge in [-0.15, -0.1) is 0 Å². The Balaban J connectivity index is 3.80. The molecule has 3 N–H and O–H groups in total. The van der Waals surface area contributed by atoms with E-state index < -0.39 is 13.8 Å². The molecule has 1 atom stereocenters. The lowest BCUT2D eigenvalue weighted by molar-refractivity contribution is -0.137. The average molecular weight is 380 g/mol. The molecule has 0 heterocycles. The lowest BCUT2D eigenvalue weighted by Gasteiger charge is -2.18. The zero-order valence-electron chi connectivity index (χ0n) is 15.7. The second-order valence-electron chi connectivity index (χ2n) is 6.83. The summed E-state index contributed by atoms with van der Waals surface area (Å²) in [5, 5.41) is 8.56. The summed E-state index contributed by atoms with van der Waals surface area (Å²) in [5.74, 6) is -0.743. The lowest BCUT2D eigenvalue weighted by atomic mass is 10.0. The Morgan fingerprint density at radius 2 is 1.28 bits per heavy atom. The highest BCUT2D eigenvalue weighted by atomic mass is 31.2. The fourth-order valence-corrected chi connectivity index (χ4v) is 3.55. The number of phosphoric ester groups is 1. The van der Waals surface area contributed by atoms with Crippen LogP contribution in [-0.2, 0) is 13.9 Å². The summed E-state index contributed by atoms with van der Waals surface area (Å²) in [6, 6.07) is 0. The van der Waals surface area contributed by atoms with Gasteiger partial charge >= 0.3 is 13.8 Å². The predicted octanol–water partition coefficient (Wildman–Crippen LogP) is 5.42. The molecule has 0 rings (SSSR count). The normalized spacial score (nSPS) is 13.1. The van der Waals surface area contributed by atoms with E-state index in [1.807, 2.05) is 0 Å². The molecule has 0 amide bonds. The van der Waals surface area contributed by atoms with E-state index in [9.17, 15) is 9.36 Å². The second-order valence-corrected chi connectivity index (χ2v) is 8.02. The van der Waals surface area contributed by atoms with E-state index in [1.54, 1.807) is 0 Å². The number of hydrogen-bond acceptors (Lipinski definition) is 3. The van der Waals surface area contributed by atoms with Crippen molar-refractivity contribution >= 4 is 13.8 Å². The molecular formula is C18H37O6P. The van der Waals surface area contributed by atoms with Crippen molar-refractivity contribution in [2.45, 2.75) is 109 Å². The van der Waals surface area contributed by atoms with E-state index in [0.29, 0.717) is 12.8 Å². The number of rotatable bonds is 18. The van der Waals surface area contributed by atoms with Gasteiger partial charge in [-0.2, -0.15) is 0 Å². The highest BCUT2D eigenvalue weighted by Gasteiger charge is 2.21. The van der Waals surface area contributed by atoms with E-state index in [0.717, 1.165) is 51.4 Å². The van der Waals surface area contributed by atoms with Crippen LogP contribution in [0.5, 0.6) is 0 Å². The third-order valence-corrected chi connectivity index (χ3v) is 4.91. The molecule has 0 aromatic heterocycles. The molecule has 0 aliphatic rings. The molecule has 7 heteroatoms. The Hall–Kier alpha value is -0.420. The van der Waals surface area contributed by atoms with E-state index in [-0.39, 0.29) is 12.5 Å². The number of carbonyl (C=O) groups is 1. The van der Waals surface area contributed by atoms with Gasteiger partial charge in [-0.25, -0.2) is 4.57 Å². The number of unbranched alkanes of at least 4 members (excludes halogenated alkanes) is 10. The van der Waals surface area contributed by atoms with E-state index in [2.05, 4.69) is 6.92 Å². The SMILES string of the molecule is CCCCCCCCC(CCCCCCCCC(=O)O)OP(=O)(O)O. The van der Waals surface area contributed by atoms with Crippen LogP contribution in [0.4, 0.5) is 0 Å². The summed E-state index contributed by atoms with van der Waals surface area (Å²) in [4.78, 5) is 28.5. The van der Waals surface area contributed by atoms with E-state index >= 15 is 0 Å². The molecule has 6 nitrogen and oxygen atoms in total. The van der Waals surface area contributed by atoms with Crippen LogP contribution in [0.25, 0.3) is 0 Å². The fourth-order valence-electron chi connectivity index (χ4n) is 2.95. The lowest BCUT2D eigenvalue weighted by Crippen LogP contribution is -2.11. The Kier molecular flexibility index (Phi) is 15.5. The topological polar surface area (TPSA) is 104 Å². The van der Waals surface area contributed by atoms with Crippen molar-refractivity contribution < 1.29 is 28.8 Å². The maximum atomic E-state index is 11.1. The molecule has 150 valence electrons. The minimum atomic E-state index is -4.42. The molecule has 0 saturated heterocycles. The van der Waals surface area contributed by atoms with Gasteiger partial charge in [0.25, 0.3) is 0 Å². The van der Waals surface area contributed by atoms with Crippen LogP contribution >= 0.6 is 7.82 Å². The molecule has 25 heavy (non-hydrogen) atoms. The number of carboxylic acids is 1. The summed E-state index contributed by atoms with van der Waals surface area (Å²) in [5.41, 5.74) is 0. The van der Waals surface area contributed by atoms with Crippen LogP contribution < -0.4 is 0 Å². The van der Waals surface area contributed by atoms with Crippen molar-refractivity contribution in [1.29, 1.82) is 0 Å². The van der Waals surface area contributed by atoms with Crippen LogP contribution in [0.2, 0.25) is 0 Å². The molecule has 0 fully saturated rings. The highest BCUT2D eigenvalue weighted by molar-refractivity contribution is 7.46. The Morgan fingerprint density at radius 1 is 0.840 bits per heavy atom. The van der Waals surface area contributed by atoms with Gasteiger partial charge in [0.05, 0.1) is 6.10 Å². The standard InChI is InChI=1S/C18H37O6P/c1-2-3-4-5-8-11-14-17(24-25(21,22)23)15-12-9-6-7-10-13-16-18(19)20/h17H,2-16H2,1H3,(H,19,20)(H2,21,22,23). The first kappa shape index (κ1) is 24.6. The molecule has 0 radical (unpaired) electrons. The third-order valence-electron chi connectivity index (χ3n) is 4.33. The van der Waals surface area contributed by atoms with Crippen molar-refractivity contribution in [3.05, 3.63) is 0 Å². The maximum Gasteiger partial charge on any atom is 0.469 e. The number of phosphoric acid groups is 1. The summed E-state index contributed by atoms with van der Waals surface area (Å²) in [6.45, 7) is 2.18. The monoisotopic (exact) mass is 380 g/mol. The Labute approximate surface area is 152 Å². The minimum Gasteiger partial charge on any atom is -0.481 e. The minimum absolute atomic E-state index is 0.233. The summed E-state index contributed by atoms with van der Waals surface area (Å²) in [6.07, 6.45) is 13.7. The first-order valence-corrected chi connectivity index (χ1v) is 11.3. The summed E-state index contributed by atoms with van der Waals surface area (Å²) in [7, 11) is -4.42. The van der Waals surface area contributed by atoms with Crippen LogP contribution in [0, 0.1) is 0 Å². The molecule has 0 aromatic rings. The van der Waals surface area contributed by atoms with Gasteiger partial charge in [-0.3, -0.25) is 9.32 Å². The highest BCUT2D eigenvalue weighted by Crippen LogP contribution is 2.39. The van der Waals surface area contributed by atoms with Crippen molar-refractivity contribution in [2.75, 3.05) is 0 Å². The predicted molar refractivity (Wildman–Crippen MR) is 99.5 cm³/mol. The molecule has 0 spiro atoms. The van der Waals surface area contributed by atoms with Crippen LogP contribution in [-0.4, -0.2) is 27.0 Å². The van der Waals surface area contributed by atoms with Gasteiger partial charge in [-0.1, -0.05) is 77.6 Å². The van der Waals surface area contributed by atoms with Crippen LogP contribution in [0.3, 0.4) is 0 Å². The number of aliphatic carboxylic acids is 1. The van der Waals surface area contributed by atoms with Gasteiger partial charge in [0.1, 0.15) is 0 Å². The van der Waals surface area contributed by atoms with Gasteiger partial charge in [0.15, 0.2) is 0 Å². The number of hydrogen-bond donors (Lipinski definition) is 3. The summed E-state index contributed by atoms with van der Waals surface area (Å²) < 4.78 is 16.0. The van der Waals surface area contributed by atoms with Gasteiger partial charge in [-0.05, 0) is 19.3 Å². The first-order chi connectivity index (χ1) is 11.8. The average Bonchev–Trinajstić information content (AvgIpc) is 2.51. The second kappa shape index (κ2) is 15.8. The molecule has 0 bridgehead atoms. The van der Waals surface area contributed by atoms with Crippen LogP contribution in [0.1, 0.15) is 103 Å². The van der Waals surface area contributed by atoms with Gasteiger partial charge < -0.3 is 14.9 Å². The zero-order valence-corrected chi connectivity index (χ0v) is 16.6.